The first kappa shape index (κ1) is 19.2. The Morgan fingerprint density at radius 1 is 1.26 bits per heavy atom. The van der Waals surface area contributed by atoms with Crippen LogP contribution >= 0.6 is 11.3 Å². The van der Waals surface area contributed by atoms with E-state index in [0.29, 0.717) is 12.0 Å². The van der Waals surface area contributed by atoms with E-state index in [-0.39, 0.29) is 12.2 Å². The Bertz CT molecular complexity index is 789. The molecule has 4 rings (SSSR count). The molecule has 0 saturated heterocycles. The predicted octanol–water partition coefficient (Wildman–Crippen LogP) is 3.32. The Balaban J connectivity index is 1.57. The van der Waals surface area contributed by atoms with Crippen molar-refractivity contribution in [2.24, 2.45) is 0 Å². The number of hydrogen-bond donors (Lipinski definition) is 0. The van der Waals surface area contributed by atoms with Gasteiger partial charge in [0.15, 0.2) is 7.98 Å². The van der Waals surface area contributed by atoms with Gasteiger partial charge in [-0.3, -0.25) is 0 Å². The lowest BCUT2D eigenvalue weighted by Gasteiger charge is -2.33. The normalized spacial score (nSPS) is 26.4. The van der Waals surface area contributed by atoms with Gasteiger partial charge in [-0.25, -0.2) is 9.97 Å². The monoisotopic (exact) mass is 387 g/mol. The summed E-state index contributed by atoms with van der Waals surface area (Å²) in [5, 5.41) is 1.18. The van der Waals surface area contributed by atoms with E-state index < -0.39 is 0 Å². The van der Waals surface area contributed by atoms with Crippen molar-refractivity contribution in [2.75, 3.05) is 14.2 Å². The Morgan fingerprint density at radius 2 is 2.04 bits per heavy atom. The van der Waals surface area contributed by atoms with E-state index in [1.54, 1.807) is 13.4 Å². The first-order chi connectivity index (χ1) is 13.1. The van der Waals surface area contributed by atoms with Crippen LogP contribution < -0.4 is 4.74 Å². The van der Waals surface area contributed by atoms with Crippen LogP contribution in [-0.2, 0) is 11.2 Å². The first-order valence-corrected chi connectivity index (χ1v) is 11.0. The third kappa shape index (κ3) is 3.87. The number of thiophene rings is 1. The van der Waals surface area contributed by atoms with E-state index in [1.807, 2.05) is 11.3 Å². The van der Waals surface area contributed by atoms with Gasteiger partial charge < -0.3 is 14.3 Å². The molecular formula is C20H30BN3O2S. The molecule has 0 radical (unpaired) electrons. The van der Waals surface area contributed by atoms with Gasteiger partial charge in [0.2, 0.25) is 5.88 Å². The lowest BCUT2D eigenvalue weighted by atomic mass is 9.90. The molecule has 1 saturated carbocycles. The lowest BCUT2D eigenvalue weighted by Crippen LogP contribution is -2.36. The number of aromatic nitrogens is 2. The van der Waals surface area contributed by atoms with Crippen LogP contribution in [0.15, 0.2) is 6.33 Å². The summed E-state index contributed by atoms with van der Waals surface area (Å²) < 4.78 is 12.0. The summed E-state index contributed by atoms with van der Waals surface area (Å²) in [6.45, 7) is 2.16. The molecule has 0 amide bonds. The van der Waals surface area contributed by atoms with Gasteiger partial charge in [-0.1, -0.05) is 0 Å². The van der Waals surface area contributed by atoms with E-state index in [2.05, 4.69) is 36.7 Å². The molecular weight excluding hydrogens is 357 g/mol. The van der Waals surface area contributed by atoms with Gasteiger partial charge in [-0.05, 0) is 76.4 Å². The molecule has 0 bridgehead atoms. The number of ether oxygens (including phenoxy) is 2. The molecule has 0 aromatic carbocycles. The van der Waals surface area contributed by atoms with E-state index in [0.717, 1.165) is 36.4 Å². The molecule has 2 atom stereocenters. The molecule has 1 fully saturated rings. The molecule has 0 aliphatic heterocycles. The third-order valence-corrected chi connectivity index (χ3v) is 7.54. The predicted molar refractivity (Wildman–Crippen MR) is 113 cm³/mol. The van der Waals surface area contributed by atoms with Crippen molar-refractivity contribution in [3.05, 3.63) is 16.8 Å². The summed E-state index contributed by atoms with van der Waals surface area (Å²) in [4.78, 5) is 14.0. The highest BCUT2D eigenvalue weighted by Gasteiger charge is 2.32. The minimum Gasteiger partial charge on any atom is -0.474 e. The maximum absolute atomic E-state index is 6.47. The maximum Gasteiger partial charge on any atom is 0.225 e. The van der Waals surface area contributed by atoms with Crippen molar-refractivity contribution in [1.29, 1.82) is 0 Å². The SMILES string of the molecule is BN(C)[C@H]1CC[C@H](Oc2ncnc3sc4c(c23)[C@@H](CC(C)OC)CC4)CC1. The average Bonchev–Trinajstić information content (AvgIpc) is 3.22. The van der Waals surface area contributed by atoms with Crippen molar-refractivity contribution >= 4 is 29.5 Å². The molecule has 2 aromatic rings. The first-order valence-electron chi connectivity index (χ1n) is 10.2. The van der Waals surface area contributed by atoms with Gasteiger partial charge in [-0.2, -0.15) is 0 Å². The van der Waals surface area contributed by atoms with E-state index in [1.165, 1.54) is 35.1 Å². The minimum absolute atomic E-state index is 0.270. The standard InChI is InChI=1S/C20H30BN3O2S/c1-12(25-3)10-13-4-9-16-17(13)18-19(22-11-23-20(18)27-16)26-15-7-5-14(6-8-15)24(2)21/h11-15H,4-10,21H2,1-3H3/t12?,13-,14-,15-/m1/s1. The smallest absolute Gasteiger partial charge is 0.225 e. The van der Waals surface area contributed by atoms with Gasteiger partial charge >= 0.3 is 0 Å². The maximum atomic E-state index is 6.47. The zero-order valence-electron chi connectivity index (χ0n) is 16.9. The van der Waals surface area contributed by atoms with Crippen molar-refractivity contribution < 1.29 is 9.47 Å². The quantitative estimate of drug-likeness (QED) is 0.712. The van der Waals surface area contributed by atoms with Crippen molar-refractivity contribution in [1.82, 2.24) is 14.8 Å². The van der Waals surface area contributed by atoms with Crippen LogP contribution in [0.5, 0.6) is 5.88 Å². The van der Waals surface area contributed by atoms with Crippen LogP contribution in [0.3, 0.4) is 0 Å². The Labute approximate surface area is 166 Å². The van der Waals surface area contributed by atoms with Crippen LogP contribution in [0, 0.1) is 0 Å². The van der Waals surface area contributed by atoms with E-state index in [4.69, 9.17) is 9.47 Å². The van der Waals surface area contributed by atoms with Crippen molar-refractivity contribution in [3.8, 4) is 5.88 Å². The zero-order valence-corrected chi connectivity index (χ0v) is 17.7. The van der Waals surface area contributed by atoms with Crippen LogP contribution in [0.1, 0.15) is 61.8 Å². The Kier molecular flexibility index (Phi) is 5.71. The highest BCUT2D eigenvalue weighted by Crippen LogP contribution is 2.47. The van der Waals surface area contributed by atoms with Gasteiger partial charge in [-0.15, -0.1) is 11.3 Å². The topological polar surface area (TPSA) is 47.5 Å². The Morgan fingerprint density at radius 3 is 2.74 bits per heavy atom. The summed E-state index contributed by atoms with van der Waals surface area (Å²) in [5.74, 6) is 1.34. The van der Waals surface area contributed by atoms with Gasteiger partial charge in [0.05, 0.1) is 11.5 Å². The molecule has 5 nitrogen and oxygen atoms in total. The number of rotatable bonds is 6. The second kappa shape index (κ2) is 8.06. The largest absolute Gasteiger partial charge is 0.474 e. The lowest BCUT2D eigenvalue weighted by molar-refractivity contribution is 0.104. The summed E-state index contributed by atoms with van der Waals surface area (Å²) >= 11 is 1.83. The van der Waals surface area contributed by atoms with Crippen LogP contribution in [0.2, 0.25) is 0 Å². The fourth-order valence-electron chi connectivity index (χ4n) is 4.70. The minimum atomic E-state index is 0.270. The highest BCUT2D eigenvalue weighted by molar-refractivity contribution is 7.19. The molecule has 2 aliphatic carbocycles. The molecule has 0 spiro atoms. The molecule has 146 valence electrons. The van der Waals surface area contributed by atoms with Crippen molar-refractivity contribution in [3.63, 3.8) is 0 Å². The third-order valence-electron chi connectivity index (χ3n) is 6.37. The van der Waals surface area contributed by atoms with Gasteiger partial charge in [0.1, 0.15) is 17.3 Å². The molecule has 27 heavy (non-hydrogen) atoms. The number of hydrogen-bond acceptors (Lipinski definition) is 6. The van der Waals surface area contributed by atoms with Crippen molar-refractivity contribution in [2.45, 2.75) is 76.0 Å². The van der Waals surface area contributed by atoms with Crippen LogP contribution in [0.25, 0.3) is 10.2 Å². The summed E-state index contributed by atoms with van der Waals surface area (Å²) in [6, 6.07) is 0.681. The second-order valence-electron chi connectivity index (χ2n) is 8.33. The molecule has 2 heterocycles. The fraction of sp³-hybridized carbons (Fsp3) is 0.700. The molecule has 2 aliphatic rings. The molecule has 0 N–H and O–H groups in total. The fourth-order valence-corrected chi connectivity index (χ4v) is 5.93. The number of nitrogens with zero attached hydrogens (tertiary/aromatic N) is 3. The Hall–Kier alpha value is -1.18. The zero-order chi connectivity index (χ0) is 19.0. The number of methoxy groups -OCH3 is 1. The molecule has 7 heteroatoms. The summed E-state index contributed by atoms with van der Waals surface area (Å²) in [7, 11) is 6.15. The van der Waals surface area contributed by atoms with Gasteiger partial charge in [0.25, 0.3) is 0 Å². The summed E-state index contributed by atoms with van der Waals surface area (Å²) in [5.41, 5.74) is 1.44. The highest BCUT2D eigenvalue weighted by atomic mass is 32.1. The molecule has 2 aromatic heterocycles. The molecule has 1 unspecified atom stereocenters. The average molecular weight is 387 g/mol. The van der Waals surface area contributed by atoms with Gasteiger partial charge in [0, 0.05) is 12.0 Å². The number of fused-ring (bicyclic) bond motifs is 3. The van der Waals surface area contributed by atoms with E-state index >= 15 is 0 Å². The second-order valence-corrected chi connectivity index (χ2v) is 9.41. The van der Waals surface area contributed by atoms with Crippen LogP contribution in [0.4, 0.5) is 0 Å². The number of aryl methyl sites for hydroxylation is 1. The van der Waals surface area contributed by atoms with Crippen LogP contribution in [-0.4, -0.2) is 55.2 Å². The summed E-state index contributed by atoms with van der Waals surface area (Å²) in [6.07, 6.45) is 10.2. The van der Waals surface area contributed by atoms with E-state index in [9.17, 15) is 0 Å².